The van der Waals surface area contributed by atoms with Gasteiger partial charge in [0.05, 0.1) is 5.02 Å². The summed E-state index contributed by atoms with van der Waals surface area (Å²) in [5, 5.41) is 3.31. The molecule has 0 spiro atoms. The maximum absolute atomic E-state index is 12.8. The number of benzene rings is 1. The van der Waals surface area contributed by atoms with Gasteiger partial charge in [0.15, 0.2) is 0 Å². The van der Waals surface area contributed by atoms with Crippen LogP contribution in [-0.2, 0) is 16.6 Å². The van der Waals surface area contributed by atoms with Crippen LogP contribution in [0.3, 0.4) is 0 Å². The van der Waals surface area contributed by atoms with Crippen molar-refractivity contribution in [3.8, 4) is 0 Å². The molecule has 1 aromatic carbocycles. The molecule has 0 saturated carbocycles. The summed E-state index contributed by atoms with van der Waals surface area (Å²) in [7, 11) is -1.68. The van der Waals surface area contributed by atoms with Gasteiger partial charge >= 0.3 is 0 Å². The van der Waals surface area contributed by atoms with Gasteiger partial charge < -0.3 is 5.32 Å². The number of nitrogens with zero attached hydrogens (tertiary/aromatic N) is 1. The molecule has 1 fully saturated rings. The van der Waals surface area contributed by atoms with Crippen LogP contribution in [0.5, 0.6) is 0 Å². The molecular weight excluding hydrogens is 308 g/mol. The van der Waals surface area contributed by atoms with Crippen LogP contribution < -0.4 is 5.32 Å². The van der Waals surface area contributed by atoms with Crippen molar-refractivity contribution in [1.82, 2.24) is 9.62 Å². The molecule has 1 aliphatic rings. The number of hydrogen-bond donors (Lipinski definition) is 1. The summed E-state index contributed by atoms with van der Waals surface area (Å²) in [6, 6.07) is 5.18. The van der Waals surface area contributed by atoms with E-state index in [1.165, 1.54) is 0 Å². The predicted octanol–water partition coefficient (Wildman–Crippen LogP) is 2.87. The maximum Gasteiger partial charge on any atom is 0.244 e. The Bertz CT molecular complexity index is 604. The minimum atomic E-state index is -3.51. The number of piperidine rings is 1. The molecule has 21 heavy (non-hydrogen) atoms. The van der Waals surface area contributed by atoms with Gasteiger partial charge in [-0.15, -0.1) is 0 Å². The van der Waals surface area contributed by atoms with E-state index >= 15 is 0 Å². The molecule has 118 valence electrons. The predicted molar refractivity (Wildman–Crippen MR) is 86.0 cm³/mol. The summed E-state index contributed by atoms with van der Waals surface area (Å²) in [5.41, 5.74) is 1.13. The molecule has 0 bridgehead atoms. The fourth-order valence-electron chi connectivity index (χ4n) is 2.53. The van der Waals surface area contributed by atoms with Gasteiger partial charge in [0, 0.05) is 19.6 Å². The van der Waals surface area contributed by atoms with E-state index in [2.05, 4.69) is 19.2 Å². The van der Waals surface area contributed by atoms with Gasteiger partial charge in [-0.25, -0.2) is 8.42 Å². The largest absolute Gasteiger partial charge is 0.316 e. The second-order valence-electron chi connectivity index (χ2n) is 6.36. The number of rotatable bonds is 4. The van der Waals surface area contributed by atoms with Crippen LogP contribution in [0.25, 0.3) is 0 Å². The first-order chi connectivity index (χ1) is 9.76. The molecule has 0 aliphatic carbocycles. The van der Waals surface area contributed by atoms with Crippen LogP contribution in [-0.4, -0.2) is 32.9 Å². The first-order valence-corrected chi connectivity index (χ1v) is 9.01. The second-order valence-corrected chi connectivity index (χ2v) is 8.68. The monoisotopic (exact) mass is 330 g/mol. The Morgan fingerprint density at radius 3 is 2.48 bits per heavy atom. The third-order valence-corrected chi connectivity index (χ3v) is 6.45. The summed E-state index contributed by atoms with van der Waals surface area (Å²) in [5.74, 6) is 0. The standard InChI is InChI=1S/C15H23ClN2O2S/c1-15(2)6-8-18(9-7-15)21(19,20)14-10-12(11-17-3)4-5-13(14)16/h4-5,10,17H,6-9,11H2,1-3H3. The molecule has 0 aromatic heterocycles. The Kier molecular flexibility index (Phi) is 4.98. The topological polar surface area (TPSA) is 49.4 Å². The zero-order chi connectivity index (χ0) is 15.7. The van der Waals surface area contributed by atoms with E-state index in [1.54, 1.807) is 16.4 Å². The normalized spacial score (nSPS) is 19.6. The molecule has 6 heteroatoms. The Morgan fingerprint density at radius 2 is 1.90 bits per heavy atom. The van der Waals surface area contributed by atoms with E-state index in [0.29, 0.717) is 24.7 Å². The SMILES string of the molecule is CNCc1ccc(Cl)c(S(=O)(=O)N2CCC(C)(C)CC2)c1. The van der Waals surface area contributed by atoms with Gasteiger partial charge in [-0.3, -0.25) is 0 Å². The number of sulfonamides is 1. The molecule has 2 rings (SSSR count). The van der Waals surface area contributed by atoms with Crippen molar-refractivity contribution in [2.24, 2.45) is 5.41 Å². The highest BCUT2D eigenvalue weighted by atomic mass is 35.5. The van der Waals surface area contributed by atoms with Crippen molar-refractivity contribution < 1.29 is 8.42 Å². The lowest BCUT2D eigenvalue weighted by Crippen LogP contribution is -2.41. The van der Waals surface area contributed by atoms with E-state index in [9.17, 15) is 8.42 Å². The minimum Gasteiger partial charge on any atom is -0.316 e. The van der Waals surface area contributed by atoms with Crippen LogP contribution in [0, 0.1) is 5.41 Å². The fourth-order valence-corrected chi connectivity index (χ4v) is 4.50. The highest BCUT2D eigenvalue weighted by Gasteiger charge is 2.33. The van der Waals surface area contributed by atoms with Crippen LogP contribution >= 0.6 is 11.6 Å². The third-order valence-electron chi connectivity index (χ3n) is 4.07. The molecule has 1 saturated heterocycles. The third kappa shape index (κ3) is 3.77. The average molecular weight is 331 g/mol. The fraction of sp³-hybridized carbons (Fsp3) is 0.600. The molecule has 1 heterocycles. The summed E-state index contributed by atoms with van der Waals surface area (Å²) < 4.78 is 27.2. The average Bonchev–Trinajstić information content (AvgIpc) is 2.40. The van der Waals surface area contributed by atoms with Crippen LogP contribution in [0.1, 0.15) is 32.3 Å². The van der Waals surface area contributed by atoms with Gasteiger partial charge in [-0.2, -0.15) is 4.31 Å². The van der Waals surface area contributed by atoms with E-state index in [4.69, 9.17) is 11.6 Å². The van der Waals surface area contributed by atoms with Gasteiger partial charge in [0.1, 0.15) is 4.90 Å². The first-order valence-electron chi connectivity index (χ1n) is 7.19. The molecule has 0 unspecified atom stereocenters. The smallest absolute Gasteiger partial charge is 0.244 e. The number of halogens is 1. The lowest BCUT2D eigenvalue weighted by atomic mass is 9.83. The van der Waals surface area contributed by atoms with E-state index in [1.807, 2.05) is 13.1 Å². The van der Waals surface area contributed by atoms with Gasteiger partial charge in [0.2, 0.25) is 10.0 Å². The summed E-state index contributed by atoms with van der Waals surface area (Å²) >= 11 is 6.13. The highest BCUT2D eigenvalue weighted by molar-refractivity contribution is 7.89. The molecule has 1 aliphatic heterocycles. The van der Waals surface area contributed by atoms with Crippen molar-refractivity contribution in [3.05, 3.63) is 28.8 Å². The summed E-state index contributed by atoms with van der Waals surface area (Å²) in [6.07, 6.45) is 1.75. The van der Waals surface area contributed by atoms with Crippen LogP contribution in [0.15, 0.2) is 23.1 Å². The molecule has 1 N–H and O–H groups in total. The quantitative estimate of drug-likeness (QED) is 0.923. The van der Waals surface area contributed by atoms with Gasteiger partial charge in [0.25, 0.3) is 0 Å². The minimum absolute atomic E-state index is 0.212. The van der Waals surface area contributed by atoms with Gasteiger partial charge in [-0.05, 0) is 43.0 Å². The van der Waals surface area contributed by atoms with Crippen molar-refractivity contribution in [3.63, 3.8) is 0 Å². The highest BCUT2D eigenvalue weighted by Crippen LogP contribution is 2.34. The van der Waals surface area contributed by atoms with Crippen molar-refractivity contribution >= 4 is 21.6 Å². The molecule has 4 nitrogen and oxygen atoms in total. The molecular formula is C15H23ClN2O2S. The number of hydrogen-bond acceptors (Lipinski definition) is 3. The molecule has 0 radical (unpaired) electrons. The molecule has 1 aromatic rings. The Morgan fingerprint density at radius 1 is 1.29 bits per heavy atom. The van der Waals surface area contributed by atoms with Crippen molar-refractivity contribution in [1.29, 1.82) is 0 Å². The number of nitrogens with one attached hydrogen (secondary N) is 1. The van der Waals surface area contributed by atoms with E-state index in [-0.39, 0.29) is 10.3 Å². The Balaban J connectivity index is 2.29. The first kappa shape index (κ1) is 16.7. The summed E-state index contributed by atoms with van der Waals surface area (Å²) in [6.45, 7) is 6.09. The van der Waals surface area contributed by atoms with Crippen molar-refractivity contribution in [2.45, 2.75) is 38.1 Å². The van der Waals surface area contributed by atoms with Crippen LogP contribution in [0.2, 0.25) is 5.02 Å². The molecule has 0 amide bonds. The zero-order valence-electron chi connectivity index (χ0n) is 12.8. The van der Waals surface area contributed by atoms with Crippen molar-refractivity contribution in [2.75, 3.05) is 20.1 Å². The second kappa shape index (κ2) is 6.24. The Hall–Kier alpha value is -0.620. The van der Waals surface area contributed by atoms with Crippen LogP contribution in [0.4, 0.5) is 0 Å². The van der Waals surface area contributed by atoms with E-state index in [0.717, 1.165) is 18.4 Å². The Labute approximate surface area is 132 Å². The maximum atomic E-state index is 12.8. The summed E-state index contributed by atoms with van der Waals surface area (Å²) in [4.78, 5) is 0.219. The zero-order valence-corrected chi connectivity index (χ0v) is 14.4. The van der Waals surface area contributed by atoms with Gasteiger partial charge in [-0.1, -0.05) is 31.5 Å². The lowest BCUT2D eigenvalue weighted by molar-refractivity contribution is 0.196. The molecule has 0 atom stereocenters. The lowest BCUT2D eigenvalue weighted by Gasteiger charge is -2.36. The van der Waals surface area contributed by atoms with E-state index < -0.39 is 10.0 Å².